The van der Waals surface area contributed by atoms with Gasteiger partial charge in [0.15, 0.2) is 0 Å². The lowest BCUT2D eigenvalue weighted by Gasteiger charge is -2.38. The lowest BCUT2D eigenvalue weighted by Crippen LogP contribution is -2.46. The Morgan fingerprint density at radius 3 is 1.92 bits per heavy atom. The van der Waals surface area contributed by atoms with Crippen LogP contribution in [0.25, 0.3) is 11.3 Å². The molecule has 0 bridgehead atoms. The average molecular weight is 343 g/mol. The van der Waals surface area contributed by atoms with Crippen LogP contribution in [0.15, 0.2) is 66.9 Å². The van der Waals surface area contributed by atoms with E-state index in [-0.39, 0.29) is 0 Å². The molecule has 2 aromatic carbocycles. The fourth-order valence-corrected chi connectivity index (χ4v) is 3.55. The molecular formula is C23H25N3. The molecule has 1 saturated heterocycles. The quantitative estimate of drug-likeness (QED) is 0.687. The number of aromatic nitrogens is 1. The Hall–Kier alpha value is -2.81. The highest BCUT2D eigenvalue weighted by Crippen LogP contribution is 2.30. The first-order valence-corrected chi connectivity index (χ1v) is 9.29. The molecule has 26 heavy (non-hydrogen) atoms. The zero-order valence-corrected chi connectivity index (χ0v) is 15.5. The predicted molar refractivity (Wildman–Crippen MR) is 110 cm³/mol. The molecule has 0 radical (unpaired) electrons. The smallest absolute Gasteiger partial charge is 0.0935 e. The molecule has 0 aliphatic carbocycles. The third-order valence-electron chi connectivity index (χ3n) is 5.13. The lowest BCUT2D eigenvalue weighted by atomic mass is 10.1. The van der Waals surface area contributed by atoms with Crippen molar-refractivity contribution in [3.63, 3.8) is 0 Å². The fraction of sp³-hybridized carbons (Fsp3) is 0.261. The predicted octanol–water partition coefficient (Wildman–Crippen LogP) is 4.69. The molecule has 0 unspecified atom stereocenters. The van der Waals surface area contributed by atoms with Crippen LogP contribution in [0.1, 0.15) is 11.1 Å². The first-order chi connectivity index (χ1) is 12.7. The summed E-state index contributed by atoms with van der Waals surface area (Å²) in [6.45, 7) is 8.34. The number of nitrogens with zero attached hydrogens (tertiary/aromatic N) is 3. The van der Waals surface area contributed by atoms with Crippen molar-refractivity contribution < 1.29 is 0 Å². The van der Waals surface area contributed by atoms with E-state index in [0.717, 1.165) is 31.9 Å². The van der Waals surface area contributed by atoms with Crippen LogP contribution in [-0.4, -0.2) is 31.2 Å². The Kier molecular flexibility index (Phi) is 4.61. The molecule has 0 saturated carbocycles. The second-order valence-electron chi connectivity index (χ2n) is 7.05. The van der Waals surface area contributed by atoms with E-state index < -0.39 is 0 Å². The van der Waals surface area contributed by atoms with Gasteiger partial charge in [0.1, 0.15) is 0 Å². The van der Waals surface area contributed by atoms with Gasteiger partial charge in [0, 0.05) is 43.6 Å². The maximum absolute atomic E-state index is 4.69. The van der Waals surface area contributed by atoms with E-state index in [2.05, 4.69) is 83.2 Å². The van der Waals surface area contributed by atoms with Crippen LogP contribution in [0.5, 0.6) is 0 Å². The van der Waals surface area contributed by atoms with Gasteiger partial charge in [-0.25, -0.2) is 0 Å². The van der Waals surface area contributed by atoms with E-state index in [4.69, 9.17) is 0 Å². The topological polar surface area (TPSA) is 19.4 Å². The molecule has 3 nitrogen and oxygen atoms in total. The molecule has 1 aromatic heterocycles. The minimum Gasteiger partial charge on any atom is -0.368 e. The van der Waals surface area contributed by atoms with Gasteiger partial charge in [0.25, 0.3) is 0 Å². The summed E-state index contributed by atoms with van der Waals surface area (Å²) in [5.41, 5.74) is 7.41. The van der Waals surface area contributed by atoms with Crippen LogP contribution in [0.4, 0.5) is 11.4 Å². The van der Waals surface area contributed by atoms with Crippen LogP contribution in [-0.2, 0) is 0 Å². The van der Waals surface area contributed by atoms with Crippen molar-refractivity contribution >= 4 is 11.4 Å². The summed E-state index contributed by atoms with van der Waals surface area (Å²) >= 11 is 0. The van der Waals surface area contributed by atoms with E-state index >= 15 is 0 Å². The molecular weight excluding hydrogens is 318 g/mol. The number of benzene rings is 2. The van der Waals surface area contributed by atoms with Crippen molar-refractivity contribution in [2.45, 2.75) is 13.8 Å². The van der Waals surface area contributed by atoms with Gasteiger partial charge in [-0.05, 0) is 38.1 Å². The molecule has 4 rings (SSSR count). The monoisotopic (exact) mass is 343 g/mol. The molecule has 1 aliphatic heterocycles. The van der Waals surface area contributed by atoms with Crippen molar-refractivity contribution in [2.75, 3.05) is 36.0 Å². The van der Waals surface area contributed by atoms with Gasteiger partial charge in [0.2, 0.25) is 0 Å². The zero-order valence-electron chi connectivity index (χ0n) is 15.5. The van der Waals surface area contributed by atoms with Gasteiger partial charge in [-0.2, -0.15) is 0 Å². The lowest BCUT2D eigenvalue weighted by molar-refractivity contribution is 0.653. The third-order valence-corrected chi connectivity index (χ3v) is 5.13. The Balaban J connectivity index is 1.53. The number of hydrogen-bond acceptors (Lipinski definition) is 3. The molecule has 3 heteroatoms. The van der Waals surface area contributed by atoms with Gasteiger partial charge in [-0.3, -0.25) is 4.98 Å². The largest absolute Gasteiger partial charge is 0.368 e. The molecule has 1 fully saturated rings. The van der Waals surface area contributed by atoms with Crippen molar-refractivity contribution in [1.29, 1.82) is 0 Å². The number of aryl methyl sites for hydroxylation is 2. The summed E-state index contributed by atoms with van der Waals surface area (Å²) in [7, 11) is 0. The van der Waals surface area contributed by atoms with E-state index in [1.807, 2.05) is 12.3 Å². The number of piperazine rings is 1. The minimum absolute atomic E-state index is 1.01. The van der Waals surface area contributed by atoms with Crippen molar-refractivity contribution in [2.24, 2.45) is 0 Å². The Morgan fingerprint density at radius 2 is 1.27 bits per heavy atom. The van der Waals surface area contributed by atoms with Crippen LogP contribution < -0.4 is 9.80 Å². The summed E-state index contributed by atoms with van der Waals surface area (Å²) in [5, 5.41) is 0. The zero-order chi connectivity index (χ0) is 17.9. The summed E-state index contributed by atoms with van der Waals surface area (Å²) in [6, 6.07) is 21.7. The first kappa shape index (κ1) is 16.6. The van der Waals surface area contributed by atoms with Crippen LogP contribution in [0.2, 0.25) is 0 Å². The average Bonchev–Trinajstić information content (AvgIpc) is 2.69. The summed E-state index contributed by atoms with van der Waals surface area (Å²) < 4.78 is 0. The molecule has 0 atom stereocenters. The highest BCUT2D eigenvalue weighted by atomic mass is 15.3. The minimum atomic E-state index is 1.01. The molecule has 0 spiro atoms. The second kappa shape index (κ2) is 7.20. The molecule has 3 aromatic rings. The first-order valence-electron chi connectivity index (χ1n) is 9.29. The normalized spacial score (nSPS) is 14.5. The second-order valence-corrected chi connectivity index (χ2v) is 7.05. The molecule has 0 amide bonds. The SMILES string of the molecule is Cc1ccc(-c2ncccc2N2CCN(c3ccc(C)cc3)CC2)cc1. The van der Waals surface area contributed by atoms with Gasteiger partial charge in [0.05, 0.1) is 11.4 Å². The third kappa shape index (κ3) is 3.43. The van der Waals surface area contributed by atoms with Gasteiger partial charge >= 0.3 is 0 Å². The van der Waals surface area contributed by atoms with Crippen LogP contribution in [0, 0.1) is 13.8 Å². The summed E-state index contributed by atoms with van der Waals surface area (Å²) in [5.74, 6) is 0. The molecule has 0 N–H and O–H groups in total. The number of rotatable bonds is 3. The van der Waals surface area contributed by atoms with Crippen LogP contribution >= 0.6 is 0 Å². The highest BCUT2D eigenvalue weighted by Gasteiger charge is 2.20. The maximum Gasteiger partial charge on any atom is 0.0935 e. The summed E-state index contributed by atoms with van der Waals surface area (Å²) in [6.07, 6.45) is 1.89. The van der Waals surface area contributed by atoms with Gasteiger partial charge < -0.3 is 9.80 Å². The van der Waals surface area contributed by atoms with Crippen LogP contribution in [0.3, 0.4) is 0 Å². The summed E-state index contributed by atoms with van der Waals surface area (Å²) in [4.78, 5) is 9.62. The van der Waals surface area contributed by atoms with Crippen molar-refractivity contribution in [3.05, 3.63) is 78.0 Å². The Bertz CT molecular complexity index is 861. The van der Waals surface area contributed by atoms with E-state index in [9.17, 15) is 0 Å². The van der Waals surface area contributed by atoms with Gasteiger partial charge in [-0.1, -0.05) is 47.5 Å². The van der Waals surface area contributed by atoms with Crippen molar-refractivity contribution in [3.8, 4) is 11.3 Å². The van der Waals surface area contributed by atoms with E-state index in [1.54, 1.807) is 0 Å². The fourth-order valence-electron chi connectivity index (χ4n) is 3.55. The van der Waals surface area contributed by atoms with Crippen molar-refractivity contribution in [1.82, 2.24) is 4.98 Å². The Labute approximate surface area is 155 Å². The standard InChI is InChI=1S/C23H25N3/c1-18-5-9-20(10-6-18)23-22(4-3-13-24-23)26-16-14-25(15-17-26)21-11-7-19(2)8-12-21/h3-13H,14-17H2,1-2H3. The number of pyridine rings is 1. The maximum atomic E-state index is 4.69. The number of hydrogen-bond donors (Lipinski definition) is 0. The highest BCUT2D eigenvalue weighted by molar-refractivity contribution is 5.75. The van der Waals surface area contributed by atoms with Gasteiger partial charge in [-0.15, -0.1) is 0 Å². The molecule has 132 valence electrons. The van der Waals surface area contributed by atoms with E-state index in [0.29, 0.717) is 0 Å². The molecule has 2 heterocycles. The number of anilines is 2. The molecule has 1 aliphatic rings. The van der Waals surface area contributed by atoms with E-state index in [1.165, 1.54) is 28.1 Å². The Morgan fingerprint density at radius 1 is 0.692 bits per heavy atom.